The Balaban J connectivity index is 2.07. The number of anilines is 1. The lowest BCUT2D eigenvalue weighted by Gasteiger charge is -2.39. The van der Waals surface area contributed by atoms with Crippen LogP contribution in [0.25, 0.3) is 0 Å². The van der Waals surface area contributed by atoms with E-state index < -0.39 is 0 Å². The molecule has 21 heavy (non-hydrogen) atoms. The van der Waals surface area contributed by atoms with Gasteiger partial charge < -0.3 is 15.5 Å². The van der Waals surface area contributed by atoms with E-state index >= 15 is 0 Å². The van der Waals surface area contributed by atoms with Gasteiger partial charge in [-0.05, 0) is 57.7 Å². The SMILES string of the molecule is CN1CCC(N(C)C(CN)c2ccc(N(C)C)cc2)CC1. The molecule has 0 spiro atoms. The first-order valence-corrected chi connectivity index (χ1v) is 7.90. The largest absolute Gasteiger partial charge is 0.378 e. The molecule has 1 aromatic rings. The monoisotopic (exact) mass is 290 g/mol. The van der Waals surface area contributed by atoms with Gasteiger partial charge in [-0.2, -0.15) is 0 Å². The summed E-state index contributed by atoms with van der Waals surface area (Å²) < 4.78 is 0. The number of rotatable bonds is 5. The van der Waals surface area contributed by atoms with Crippen molar-refractivity contribution in [2.45, 2.75) is 24.9 Å². The van der Waals surface area contributed by atoms with Gasteiger partial charge in [0.2, 0.25) is 0 Å². The molecule has 0 bridgehead atoms. The Bertz CT molecular complexity index is 421. The van der Waals surface area contributed by atoms with Gasteiger partial charge in [0, 0.05) is 38.4 Å². The van der Waals surface area contributed by atoms with Crippen molar-refractivity contribution in [3.63, 3.8) is 0 Å². The molecule has 2 N–H and O–H groups in total. The number of nitrogens with zero attached hydrogens (tertiary/aromatic N) is 3. The van der Waals surface area contributed by atoms with Gasteiger partial charge in [0.25, 0.3) is 0 Å². The molecule has 0 aromatic heterocycles. The fourth-order valence-corrected chi connectivity index (χ4v) is 3.19. The van der Waals surface area contributed by atoms with E-state index in [2.05, 4.69) is 67.2 Å². The summed E-state index contributed by atoms with van der Waals surface area (Å²) in [6.07, 6.45) is 2.47. The lowest BCUT2D eigenvalue weighted by Crippen LogP contribution is -2.45. The summed E-state index contributed by atoms with van der Waals surface area (Å²) in [5, 5.41) is 0. The van der Waals surface area contributed by atoms with Crippen LogP contribution < -0.4 is 10.6 Å². The molecule has 1 fully saturated rings. The molecule has 4 nitrogen and oxygen atoms in total. The van der Waals surface area contributed by atoms with Crippen LogP contribution in [0, 0.1) is 0 Å². The number of hydrogen-bond donors (Lipinski definition) is 1. The first-order chi connectivity index (χ1) is 10.0. The Morgan fingerprint density at radius 3 is 2.19 bits per heavy atom. The highest BCUT2D eigenvalue weighted by atomic mass is 15.2. The first-order valence-electron chi connectivity index (χ1n) is 7.90. The topological polar surface area (TPSA) is 35.7 Å². The summed E-state index contributed by atoms with van der Waals surface area (Å²) in [6.45, 7) is 3.04. The predicted octanol–water partition coefficient (Wildman–Crippen LogP) is 1.78. The third kappa shape index (κ3) is 3.96. The molecule has 4 heteroatoms. The van der Waals surface area contributed by atoms with Gasteiger partial charge in [0.15, 0.2) is 0 Å². The zero-order valence-corrected chi connectivity index (χ0v) is 13.9. The highest BCUT2D eigenvalue weighted by molar-refractivity contribution is 5.46. The second kappa shape index (κ2) is 7.25. The molecular weight excluding hydrogens is 260 g/mol. The van der Waals surface area contributed by atoms with Gasteiger partial charge in [0.1, 0.15) is 0 Å². The maximum absolute atomic E-state index is 6.08. The molecule has 118 valence electrons. The van der Waals surface area contributed by atoms with E-state index in [1.54, 1.807) is 0 Å². The maximum atomic E-state index is 6.08. The Kier molecular flexibility index (Phi) is 5.62. The second-order valence-electron chi connectivity index (χ2n) is 6.44. The summed E-state index contributed by atoms with van der Waals surface area (Å²) >= 11 is 0. The normalized spacial score (nSPS) is 19.0. The van der Waals surface area contributed by atoms with E-state index in [4.69, 9.17) is 5.73 Å². The molecule has 0 amide bonds. The zero-order chi connectivity index (χ0) is 15.4. The molecule has 0 saturated carbocycles. The molecule has 2 rings (SSSR count). The Labute approximate surface area is 129 Å². The molecule has 1 unspecified atom stereocenters. The van der Waals surface area contributed by atoms with Gasteiger partial charge >= 0.3 is 0 Å². The lowest BCUT2D eigenvalue weighted by atomic mass is 9.98. The Hall–Kier alpha value is -1.10. The van der Waals surface area contributed by atoms with Crippen molar-refractivity contribution in [2.24, 2.45) is 5.73 Å². The predicted molar refractivity (Wildman–Crippen MR) is 90.8 cm³/mol. The maximum Gasteiger partial charge on any atom is 0.0470 e. The van der Waals surface area contributed by atoms with Crippen molar-refractivity contribution in [1.82, 2.24) is 9.80 Å². The number of nitrogens with two attached hydrogens (primary N) is 1. The molecule has 0 radical (unpaired) electrons. The van der Waals surface area contributed by atoms with Gasteiger partial charge in [-0.1, -0.05) is 12.1 Å². The van der Waals surface area contributed by atoms with E-state index in [9.17, 15) is 0 Å². The van der Waals surface area contributed by atoms with Crippen LogP contribution in [0.4, 0.5) is 5.69 Å². The molecule has 1 aromatic carbocycles. The van der Waals surface area contributed by atoms with Crippen molar-refractivity contribution in [2.75, 3.05) is 52.7 Å². The molecule has 1 aliphatic heterocycles. The van der Waals surface area contributed by atoms with Crippen LogP contribution in [-0.4, -0.2) is 63.7 Å². The fourth-order valence-electron chi connectivity index (χ4n) is 3.19. The van der Waals surface area contributed by atoms with Crippen LogP contribution in [0.3, 0.4) is 0 Å². The summed E-state index contributed by atoms with van der Waals surface area (Å²) in [5.41, 5.74) is 8.63. The van der Waals surface area contributed by atoms with Gasteiger partial charge in [0.05, 0.1) is 0 Å². The standard InChI is InChI=1S/C17H30N4/c1-19(2)15-7-5-14(6-8-15)17(13-18)21(4)16-9-11-20(3)12-10-16/h5-8,16-17H,9-13,18H2,1-4H3. The fraction of sp³-hybridized carbons (Fsp3) is 0.647. The Morgan fingerprint density at radius 1 is 1.14 bits per heavy atom. The van der Waals surface area contributed by atoms with Crippen LogP contribution in [0.2, 0.25) is 0 Å². The smallest absolute Gasteiger partial charge is 0.0470 e. The van der Waals surface area contributed by atoms with Crippen molar-refractivity contribution in [1.29, 1.82) is 0 Å². The second-order valence-corrected chi connectivity index (χ2v) is 6.44. The van der Waals surface area contributed by atoms with Gasteiger partial charge in [-0.3, -0.25) is 4.90 Å². The third-order valence-corrected chi connectivity index (χ3v) is 4.77. The van der Waals surface area contributed by atoms with Gasteiger partial charge in [-0.15, -0.1) is 0 Å². The number of piperidine rings is 1. The molecule has 1 aliphatic rings. The molecule has 1 atom stereocenters. The van der Waals surface area contributed by atoms with Crippen LogP contribution >= 0.6 is 0 Å². The molecular formula is C17H30N4. The number of benzene rings is 1. The first kappa shape index (κ1) is 16.3. The Morgan fingerprint density at radius 2 is 1.71 bits per heavy atom. The van der Waals surface area contributed by atoms with Crippen LogP contribution in [0.5, 0.6) is 0 Å². The van der Waals surface area contributed by atoms with E-state index in [-0.39, 0.29) is 0 Å². The summed E-state index contributed by atoms with van der Waals surface area (Å²) in [7, 11) is 8.57. The molecule has 0 aliphatic carbocycles. The molecule has 1 saturated heterocycles. The highest BCUT2D eigenvalue weighted by Crippen LogP contribution is 2.26. The van der Waals surface area contributed by atoms with E-state index in [0.717, 1.165) is 0 Å². The lowest BCUT2D eigenvalue weighted by molar-refractivity contribution is 0.109. The van der Waals surface area contributed by atoms with Crippen molar-refractivity contribution >= 4 is 5.69 Å². The third-order valence-electron chi connectivity index (χ3n) is 4.77. The minimum absolute atomic E-state index is 0.314. The minimum Gasteiger partial charge on any atom is -0.378 e. The van der Waals surface area contributed by atoms with Gasteiger partial charge in [-0.25, -0.2) is 0 Å². The van der Waals surface area contributed by atoms with E-state index in [0.29, 0.717) is 18.6 Å². The van der Waals surface area contributed by atoms with Crippen molar-refractivity contribution in [3.05, 3.63) is 29.8 Å². The average Bonchev–Trinajstić information content (AvgIpc) is 2.49. The zero-order valence-electron chi connectivity index (χ0n) is 13.9. The van der Waals surface area contributed by atoms with Crippen molar-refractivity contribution in [3.8, 4) is 0 Å². The summed E-state index contributed by atoms with van der Waals surface area (Å²) in [6, 6.07) is 9.76. The quantitative estimate of drug-likeness (QED) is 0.897. The van der Waals surface area contributed by atoms with Crippen LogP contribution in [0.1, 0.15) is 24.4 Å². The van der Waals surface area contributed by atoms with Crippen LogP contribution in [-0.2, 0) is 0 Å². The summed E-state index contributed by atoms with van der Waals surface area (Å²) in [5.74, 6) is 0. The summed E-state index contributed by atoms with van der Waals surface area (Å²) in [4.78, 5) is 7.02. The minimum atomic E-state index is 0.314. The average molecular weight is 290 g/mol. The number of likely N-dealkylation sites (tertiary alicyclic amines) is 1. The molecule has 1 heterocycles. The highest BCUT2D eigenvalue weighted by Gasteiger charge is 2.26. The van der Waals surface area contributed by atoms with E-state index in [1.165, 1.54) is 37.2 Å². The number of hydrogen-bond acceptors (Lipinski definition) is 4. The van der Waals surface area contributed by atoms with Crippen molar-refractivity contribution < 1.29 is 0 Å². The number of likely N-dealkylation sites (N-methyl/N-ethyl adjacent to an activating group) is 1. The van der Waals surface area contributed by atoms with Crippen LogP contribution in [0.15, 0.2) is 24.3 Å². The van der Waals surface area contributed by atoms with E-state index in [1.807, 2.05) is 0 Å².